The summed E-state index contributed by atoms with van der Waals surface area (Å²) in [5.41, 5.74) is 6.64. The zero-order valence-corrected chi connectivity index (χ0v) is 29.2. The predicted molar refractivity (Wildman–Crippen MR) is 226 cm³/mol. The predicted octanol–water partition coefficient (Wildman–Crippen LogP) is 13.7. The molecule has 13 rings (SSSR count). The van der Waals surface area contributed by atoms with Crippen LogP contribution in [0.4, 0.5) is 0 Å². The molecule has 0 saturated carbocycles. The van der Waals surface area contributed by atoms with Crippen LogP contribution >= 0.6 is 0 Å². The molecule has 0 fully saturated rings. The van der Waals surface area contributed by atoms with Gasteiger partial charge in [0, 0.05) is 37.9 Å². The van der Waals surface area contributed by atoms with E-state index in [1.165, 1.54) is 43.1 Å². The fourth-order valence-corrected chi connectivity index (χ4v) is 9.24. The summed E-state index contributed by atoms with van der Waals surface area (Å²) in [6.07, 6.45) is 0. The van der Waals surface area contributed by atoms with Gasteiger partial charge in [-0.1, -0.05) is 127 Å². The second-order valence-electron chi connectivity index (χ2n) is 14.5. The molecular weight excluding hydrogens is 675 g/mol. The number of para-hydroxylation sites is 3. The van der Waals surface area contributed by atoms with Crippen LogP contribution in [-0.2, 0) is 0 Å². The van der Waals surface area contributed by atoms with Crippen molar-refractivity contribution in [2.45, 2.75) is 0 Å². The number of hydrogen-bond donors (Lipinski definition) is 0. The first kappa shape index (κ1) is 29.0. The lowest BCUT2D eigenvalue weighted by Gasteiger charge is -2.12. The maximum absolute atomic E-state index is 6.62. The van der Waals surface area contributed by atoms with Crippen molar-refractivity contribution < 1.29 is 8.83 Å². The monoisotopic (exact) mass is 701 g/mol. The molecule has 0 radical (unpaired) electrons. The fraction of sp³-hybridized carbons (Fsp3) is 0. The van der Waals surface area contributed by atoms with Crippen molar-refractivity contribution in [3.63, 3.8) is 0 Å². The first-order valence-electron chi connectivity index (χ1n) is 18.6. The highest BCUT2D eigenvalue weighted by atomic mass is 16.3. The number of rotatable bonds is 2. The Morgan fingerprint density at radius 1 is 0.382 bits per heavy atom. The molecule has 13 aromatic rings. The summed E-state index contributed by atoms with van der Waals surface area (Å²) in [4.78, 5) is 10.9. The first-order valence-corrected chi connectivity index (χ1v) is 18.6. The lowest BCUT2D eigenvalue weighted by Crippen LogP contribution is -2.03. The molecule has 9 aromatic carbocycles. The zero-order valence-electron chi connectivity index (χ0n) is 29.2. The van der Waals surface area contributed by atoms with Gasteiger partial charge in [0.25, 0.3) is 0 Å². The first-order chi connectivity index (χ1) is 27.3. The van der Waals surface area contributed by atoms with E-state index in [4.69, 9.17) is 18.8 Å². The molecule has 254 valence electrons. The van der Waals surface area contributed by atoms with Crippen molar-refractivity contribution in [3.05, 3.63) is 164 Å². The van der Waals surface area contributed by atoms with Gasteiger partial charge in [-0.15, -0.1) is 0 Å². The minimum absolute atomic E-state index is 0.530. The van der Waals surface area contributed by atoms with E-state index < -0.39 is 0 Å². The normalized spacial score (nSPS) is 12.4. The molecule has 5 heteroatoms. The quantitative estimate of drug-likeness (QED) is 0.168. The van der Waals surface area contributed by atoms with E-state index in [0.717, 1.165) is 71.4 Å². The molecule has 55 heavy (non-hydrogen) atoms. The van der Waals surface area contributed by atoms with Crippen LogP contribution in [0.25, 0.3) is 126 Å². The molecule has 0 atom stereocenters. The minimum Gasteiger partial charge on any atom is -0.455 e. The van der Waals surface area contributed by atoms with E-state index in [9.17, 15) is 0 Å². The Morgan fingerprint density at radius 3 is 1.76 bits per heavy atom. The maximum Gasteiger partial charge on any atom is 0.238 e. The summed E-state index contributed by atoms with van der Waals surface area (Å²) in [7, 11) is 0. The number of nitrogens with zero attached hydrogens (tertiary/aromatic N) is 3. The van der Waals surface area contributed by atoms with Gasteiger partial charge in [-0.2, -0.15) is 4.98 Å². The van der Waals surface area contributed by atoms with Gasteiger partial charge in [0.15, 0.2) is 0 Å². The lowest BCUT2D eigenvalue weighted by atomic mass is 9.91. The maximum atomic E-state index is 6.62. The third-order valence-electron chi connectivity index (χ3n) is 11.6. The molecule has 0 spiro atoms. The average Bonchev–Trinajstić information content (AvgIpc) is 3.92. The van der Waals surface area contributed by atoms with Crippen molar-refractivity contribution in [3.8, 4) is 17.2 Å². The third-order valence-corrected chi connectivity index (χ3v) is 11.6. The Balaban J connectivity index is 1.23. The highest BCUT2D eigenvalue weighted by Gasteiger charge is 2.25. The zero-order chi connectivity index (χ0) is 35.8. The standard InChI is InChI=1S/C50H27N3O2/c1-2-13-29-27-41-39(26-28(29)12-1)45-40(25-24-35-32-16-4-3-14-30(32)31-15-5-6-18-34(31)44(35)45)53(41)50-51-47(46-37-19-8-10-23-43(37)55-49(46)52-50)38-21-11-20-36-33-17-7-9-22-42(33)54-48(36)38/h1-27H. The summed E-state index contributed by atoms with van der Waals surface area (Å²) in [6, 6.07) is 57.9. The Hall–Kier alpha value is -7.50. The second-order valence-corrected chi connectivity index (χ2v) is 14.5. The number of fused-ring (bicyclic) bond motifs is 17. The van der Waals surface area contributed by atoms with Crippen LogP contribution in [0.15, 0.2) is 173 Å². The van der Waals surface area contributed by atoms with Crippen LogP contribution in [0.1, 0.15) is 0 Å². The van der Waals surface area contributed by atoms with Crippen molar-refractivity contribution in [2.75, 3.05) is 0 Å². The summed E-state index contributed by atoms with van der Waals surface area (Å²) in [5, 5.41) is 16.0. The molecule has 0 bridgehead atoms. The Morgan fingerprint density at radius 2 is 0.982 bits per heavy atom. The largest absolute Gasteiger partial charge is 0.455 e. The van der Waals surface area contributed by atoms with E-state index in [1.54, 1.807) is 0 Å². The molecule has 0 amide bonds. The van der Waals surface area contributed by atoms with Crippen LogP contribution in [0, 0.1) is 0 Å². The number of hydrogen-bond acceptors (Lipinski definition) is 4. The van der Waals surface area contributed by atoms with Gasteiger partial charge in [-0.25, -0.2) is 4.98 Å². The van der Waals surface area contributed by atoms with Crippen molar-refractivity contribution in [2.24, 2.45) is 0 Å². The highest BCUT2D eigenvalue weighted by molar-refractivity contribution is 6.35. The SMILES string of the molecule is c1ccc2cc3c(cc2c1)c1c2c4ccccc4c4ccccc4c2ccc1n3-c1nc(-c2cccc3c2oc2ccccc23)c2c(n1)oc1ccccc12. The second kappa shape index (κ2) is 10.6. The molecule has 0 N–H and O–H groups in total. The smallest absolute Gasteiger partial charge is 0.238 e. The van der Waals surface area contributed by atoms with Gasteiger partial charge in [-0.3, -0.25) is 4.57 Å². The van der Waals surface area contributed by atoms with Gasteiger partial charge in [0.05, 0.1) is 22.1 Å². The average molecular weight is 702 g/mol. The van der Waals surface area contributed by atoms with Crippen molar-refractivity contribution in [1.29, 1.82) is 0 Å². The molecule has 5 nitrogen and oxygen atoms in total. The molecule has 0 unspecified atom stereocenters. The van der Waals surface area contributed by atoms with E-state index >= 15 is 0 Å². The fourth-order valence-electron chi connectivity index (χ4n) is 9.24. The Labute approximate surface area is 312 Å². The molecule has 4 aromatic heterocycles. The van der Waals surface area contributed by atoms with Crippen molar-refractivity contribution >= 4 is 109 Å². The summed E-state index contributed by atoms with van der Waals surface area (Å²) in [6.45, 7) is 0. The van der Waals surface area contributed by atoms with E-state index in [-0.39, 0.29) is 0 Å². The van der Waals surface area contributed by atoms with E-state index in [1.807, 2.05) is 30.3 Å². The van der Waals surface area contributed by atoms with Gasteiger partial charge in [-0.05, 0) is 74.1 Å². The Kier molecular flexibility index (Phi) is 5.57. The minimum atomic E-state index is 0.530. The lowest BCUT2D eigenvalue weighted by molar-refractivity contribution is 0.651. The van der Waals surface area contributed by atoms with Crippen LogP contribution in [-0.4, -0.2) is 14.5 Å². The van der Waals surface area contributed by atoms with Crippen LogP contribution in [0.2, 0.25) is 0 Å². The topological polar surface area (TPSA) is 57.0 Å². The molecule has 0 aliphatic heterocycles. The van der Waals surface area contributed by atoms with E-state index in [0.29, 0.717) is 11.7 Å². The van der Waals surface area contributed by atoms with Gasteiger partial charge in [0.1, 0.15) is 16.7 Å². The van der Waals surface area contributed by atoms with Crippen LogP contribution in [0.5, 0.6) is 0 Å². The van der Waals surface area contributed by atoms with Gasteiger partial charge < -0.3 is 8.83 Å². The van der Waals surface area contributed by atoms with Gasteiger partial charge in [0.2, 0.25) is 11.7 Å². The van der Waals surface area contributed by atoms with Crippen LogP contribution < -0.4 is 0 Å². The summed E-state index contributed by atoms with van der Waals surface area (Å²) < 4.78 is 15.5. The number of furan rings is 2. The van der Waals surface area contributed by atoms with Crippen molar-refractivity contribution in [1.82, 2.24) is 14.5 Å². The van der Waals surface area contributed by atoms with Gasteiger partial charge >= 0.3 is 0 Å². The third kappa shape index (κ3) is 3.86. The number of aromatic nitrogens is 3. The number of benzene rings is 9. The molecule has 0 aliphatic carbocycles. The molecule has 4 heterocycles. The molecule has 0 saturated heterocycles. The Bertz CT molecular complexity index is 3760. The molecule has 0 aliphatic rings. The highest BCUT2D eigenvalue weighted by Crippen LogP contribution is 2.45. The summed E-state index contributed by atoms with van der Waals surface area (Å²) >= 11 is 0. The molecular formula is C50H27N3O2. The summed E-state index contributed by atoms with van der Waals surface area (Å²) in [5.74, 6) is 0.536. The van der Waals surface area contributed by atoms with Crippen LogP contribution in [0.3, 0.4) is 0 Å². The van der Waals surface area contributed by atoms with E-state index in [2.05, 4.69) is 138 Å².